The molecule has 1 aromatic heterocycles. The van der Waals surface area contributed by atoms with Crippen LogP contribution in [0.5, 0.6) is 5.75 Å². The van der Waals surface area contributed by atoms with Crippen molar-refractivity contribution in [2.45, 2.75) is 44.8 Å². The summed E-state index contributed by atoms with van der Waals surface area (Å²) in [6.45, 7) is 0.360. The van der Waals surface area contributed by atoms with Crippen LogP contribution in [0.3, 0.4) is 0 Å². The molecule has 1 atom stereocenters. The van der Waals surface area contributed by atoms with E-state index in [1.165, 1.54) is 6.42 Å². The van der Waals surface area contributed by atoms with Crippen LogP contribution in [0.25, 0.3) is 22.0 Å². The molecule has 3 aromatic carbocycles. The Hall–Kier alpha value is -4.19. The van der Waals surface area contributed by atoms with Gasteiger partial charge in [0.15, 0.2) is 12.3 Å². The third-order valence-electron chi connectivity index (χ3n) is 6.86. The quantitative estimate of drug-likeness (QED) is 0.197. The first kappa shape index (κ1) is 24.5. The molecule has 0 spiro atoms. The first-order valence-electron chi connectivity index (χ1n) is 12.8. The minimum Gasteiger partial charge on any atom is -0.487 e. The van der Waals surface area contributed by atoms with E-state index in [9.17, 15) is 4.79 Å². The Labute approximate surface area is 216 Å². The molecule has 1 N–H and O–H groups in total. The van der Waals surface area contributed by atoms with E-state index in [0.717, 1.165) is 70.9 Å². The highest BCUT2D eigenvalue weighted by molar-refractivity contribution is 6.21. The first-order valence-corrected chi connectivity index (χ1v) is 12.8. The van der Waals surface area contributed by atoms with Crippen molar-refractivity contribution in [2.75, 3.05) is 0 Å². The normalized spacial score (nSPS) is 15.0. The number of carboxylic acids is 1. The van der Waals surface area contributed by atoms with Gasteiger partial charge in [-0.3, -0.25) is 0 Å². The van der Waals surface area contributed by atoms with Crippen molar-refractivity contribution in [1.82, 2.24) is 4.98 Å². The number of carbonyl (C=O) groups is 1. The number of rotatable bonds is 9. The van der Waals surface area contributed by atoms with E-state index in [0.29, 0.717) is 12.5 Å². The van der Waals surface area contributed by atoms with Crippen LogP contribution in [-0.2, 0) is 16.2 Å². The number of benzene rings is 3. The summed E-state index contributed by atoms with van der Waals surface area (Å²) >= 11 is 0. The molecule has 0 radical (unpaired) electrons. The highest BCUT2D eigenvalue weighted by Crippen LogP contribution is 2.39. The maximum atomic E-state index is 11.0. The molecule has 1 heterocycles. The summed E-state index contributed by atoms with van der Waals surface area (Å²) in [4.78, 5) is 21.5. The smallest absolute Gasteiger partial charge is 0.350 e. The SMILES string of the molecule is O=C(O)/C=N/OC(c1cccc(-c2ccccc2OCc2ccc3ccccc3n2)c1)C1CCCCC1. The Morgan fingerprint density at radius 2 is 1.78 bits per heavy atom. The fourth-order valence-electron chi connectivity index (χ4n) is 5.05. The zero-order chi connectivity index (χ0) is 25.5. The van der Waals surface area contributed by atoms with E-state index in [4.69, 9.17) is 19.7 Å². The van der Waals surface area contributed by atoms with Gasteiger partial charge in [0.2, 0.25) is 0 Å². The van der Waals surface area contributed by atoms with Gasteiger partial charge in [-0.1, -0.05) is 85.1 Å². The summed E-state index contributed by atoms with van der Waals surface area (Å²) in [5.74, 6) is -0.0582. The second-order valence-electron chi connectivity index (χ2n) is 9.40. The van der Waals surface area contributed by atoms with Gasteiger partial charge in [-0.25, -0.2) is 9.78 Å². The van der Waals surface area contributed by atoms with Crippen molar-refractivity contribution in [3.63, 3.8) is 0 Å². The number of aromatic nitrogens is 1. The van der Waals surface area contributed by atoms with Gasteiger partial charge >= 0.3 is 5.97 Å². The van der Waals surface area contributed by atoms with Crippen LogP contribution >= 0.6 is 0 Å². The van der Waals surface area contributed by atoms with E-state index >= 15 is 0 Å². The number of fused-ring (bicyclic) bond motifs is 1. The zero-order valence-electron chi connectivity index (χ0n) is 20.6. The lowest BCUT2D eigenvalue weighted by molar-refractivity contribution is -0.129. The molecule has 1 aliphatic rings. The summed E-state index contributed by atoms with van der Waals surface area (Å²) in [6.07, 6.45) is 6.10. The molecular weight excluding hydrogens is 464 g/mol. The largest absolute Gasteiger partial charge is 0.487 e. The second-order valence-corrected chi connectivity index (χ2v) is 9.40. The standard InChI is InChI=1S/C31H30N2O4/c34-30(35)20-32-37-31(23-10-2-1-3-11-23)25-13-8-12-24(19-25)27-14-5-7-16-29(27)36-21-26-18-17-22-9-4-6-15-28(22)33-26/h4-9,12-20,23,31H,1-3,10-11,21H2,(H,34,35)/b32-20+. The van der Waals surface area contributed by atoms with Crippen molar-refractivity contribution in [3.05, 3.63) is 96.2 Å². The lowest BCUT2D eigenvalue weighted by Crippen LogP contribution is -2.18. The molecule has 4 aromatic rings. The zero-order valence-corrected chi connectivity index (χ0v) is 20.6. The number of oxime groups is 1. The van der Waals surface area contributed by atoms with E-state index in [-0.39, 0.29) is 6.10 Å². The summed E-state index contributed by atoms with van der Waals surface area (Å²) in [6, 6.07) is 28.3. The van der Waals surface area contributed by atoms with Gasteiger partial charge in [0.1, 0.15) is 12.4 Å². The van der Waals surface area contributed by atoms with Gasteiger partial charge in [0, 0.05) is 16.9 Å². The molecule has 6 nitrogen and oxygen atoms in total. The molecule has 1 saturated carbocycles. The van der Waals surface area contributed by atoms with Gasteiger partial charge in [-0.2, -0.15) is 0 Å². The Bertz CT molecular complexity index is 1390. The topological polar surface area (TPSA) is 81.0 Å². The summed E-state index contributed by atoms with van der Waals surface area (Å²) in [5.41, 5.74) is 4.78. The predicted octanol–water partition coefficient (Wildman–Crippen LogP) is 7.19. The van der Waals surface area contributed by atoms with Crippen LogP contribution in [0.2, 0.25) is 0 Å². The van der Waals surface area contributed by atoms with Gasteiger partial charge in [0.25, 0.3) is 0 Å². The highest BCUT2D eigenvalue weighted by Gasteiger charge is 2.27. The Balaban J connectivity index is 1.39. The number of para-hydroxylation sites is 2. The van der Waals surface area contributed by atoms with Crippen LogP contribution in [0.4, 0.5) is 0 Å². The second kappa shape index (κ2) is 11.7. The third-order valence-corrected chi connectivity index (χ3v) is 6.86. The first-order chi connectivity index (χ1) is 18.2. The van der Waals surface area contributed by atoms with Crippen molar-refractivity contribution in [1.29, 1.82) is 0 Å². The molecule has 1 fully saturated rings. The van der Waals surface area contributed by atoms with Crippen molar-refractivity contribution in [3.8, 4) is 16.9 Å². The van der Waals surface area contributed by atoms with Crippen LogP contribution < -0.4 is 4.74 Å². The fourth-order valence-corrected chi connectivity index (χ4v) is 5.05. The monoisotopic (exact) mass is 494 g/mol. The van der Waals surface area contributed by atoms with Crippen LogP contribution in [0.15, 0.2) is 90.1 Å². The maximum Gasteiger partial charge on any atom is 0.350 e. The van der Waals surface area contributed by atoms with Crippen molar-refractivity contribution < 1.29 is 19.5 Å². The molecular formula is C31H30N2O4. The Morgan fingerprint density at radius 1 is 0.973 bits per heavy atom. The Kier molecular flexibility index (Phi) is 7.75. The molecule has 188 valence electrons. The van der Waals surface area contributed by atoms with E-state index in [1.54, 1.807) is 0 Å². The number of nitrogens with zero attached hydrogens (tertiary/aromatic N) is 2. The third kappa shape index (κ3) is 6.15. The van der Waals surface area contributed by atoms with Crippen molar-refractivity contribution >= 4 is 23.1 Å². The van der Waals surface area contributed by atoms with Gasteiger partial charge in [-0.05, 0) is 48.2 Å². The maximum absolute atomic E-state index is 11.0. The van der Waals surface area contributed by atoms with Crippen LogP contribution in [0, 0.1) is 5.92 Å². The number of hydrogen-bond donors (Lipinski definition) is 1. The van der Waals surface area contributed by atoms with E-state index in [2.05, 4.69) is 23.4 Å². The summed E-state index contributed by atoms with van der Waals surface area (Å²) in [7, 11) is 0. The number of hydrogen-bond acceptors (Lipinski definition) is 5. The minimum absolute atomic E-state index is 0.292. The lowest BCUT2D eigenvalue weighted by Gasteiger charge is -2.29. The molecule has 0 amide bonds. The molecule has 1 aliphatic carbocycles. The fraction of sp³-hybridized carbons (Fsp3) is 0.258. The molecule has 0 aliphatic heterocycles. The van der Waals surface area contributed by atoms with E-state index < -0.39 is 5.97 Å². The molecule has 6 heteroatoms. The average molecular weight is 495 g/mol. The van der Waals surface area contributed by atoms with Crippen LogP contribution in [-0.4, -0.2) is 22.3 Å². The molecule has 5 rings (SSSR count). The Morgan fingerprint density at radius 3 is 2.65 bits per heavy atom. The highest BCUT2D eigenvalue weighted by atomic mass is 16.6. The van der Waals surface area contributed by atoms with Crippen molar-refractivity contribution in [2.24, 2.45) is 11.1 Å². The van der Waals surface area contributed by atoms with Gasteiger partial charge in [-0.15, -0.1) is 0 Å². The number of ether oxygens (including phenoxy) is 1. The molecule has 0 bridgehead atoms. The number of aliphatic carboxylic acids is 1. The molecule has 1 unspecified atom stereocenters. The summed E-state index contributed by atoms with van der Waals surface area (Å²) < 4.78 is 6.25. The van der Waals surface area contributed by atoms with Gasteiger partial charge in [0.05, 0.1) is 11.2 Å². The summed E-state index contributed by atoms with van der Waals surface area (Å²) in [5, 5.41) is 13.8. The molecule has 37 heavy (non-hydrogen) atoms. The average Bonchev–Trinajstić information content (AvgIpc) is 2.95. The number of pyridine rings is 1. The van der Waals surface area contributed by atoms with E-state index in [1.807, 2.05) is 66.7 Å². The minimum atomic E-state index is -1.12. The lowest BCUT2D eigenvalue weighted by atomic mass is 9.82. The van der Waals surface area contributed by atoms with Gasteiger partial charge < -0.3 is 14.7 Å². The predicted molar refractivity (Wildman–Crippen MR) is 144 cm³/mol. The number of carboxylic acid groups (broad SMARTS) is 1. The van der Waals surface area contributed by atoms with Crippen LogP contribution in [0.1, 0.15) is 49.5 Å². The molecule has 0 saturated heterocycles.